The van der Waals surface area contributed by atoms with E-state index in [0.717, 1.165) is 17.7 Å². The molecule has 7 nitrogen and oxygen atoms in total. The first-order valence-electron chi connectivity index (χ1n) is 10.1. The van der Waals surface area contributed by atoms with E-state index in [1.165, 1.54) is 17.3 Å². The number of amides is 1. The van der Waals surface area contributed by atoms with Gasteiger partial charge in [-0.3, -0.25) is 4.79 Å². The van der Waals surface area contributed by atoms with E-state index < -0.39 is 0 Å². The Morgan fingerprint density at radius 1 is 1.12 bits per heavy atom. The predicted molar refractivity (Wildman–Crippen MR) is 126 cm³/mol. The molecule has 1 N–H and O–H groups in total. The Bertz CT molecular complexity index is 1230. The standard InChI is InChI=1S/C23H21ClN6OS/c1-3-16-6-8-17(9-7-16)27-22(31)21-20(14-32-23-25-11-4-12-26-23)30(29-28-21)18-10-5-15(2)19(24)13-18/h4-13H,3,14H2,1-2H3,(H,27,31). The lowest BCUT2D eigenvalue weighted by atomic mass is 10.1. The summed E-state index contributed by atoms with van der Waals surface area (Å²) in [6.07, 6.45) is 4.29. The average molecular weight is 465 g/mol. The van der Waals surface area contributed by atoms with Gasteiger partial charge < -0.3 is 5.32 Å². The van der Waals surface area contributed by atoms with Crippen LogP contribution in [0.1, 0.15) is 34.2 Å². The lowest BCUT2D eigenvalue weighted by Gasteiger charge is -2.10. The summed E-state index contributed by atoms with van der Waals surface area (Å²) in [5, 5.41) is 12.6. The number of aromatic nitrogens is 5. The van der Waals surface area contributed by atoms with Crippen LogP contribution in [-0.2, 0) is 12.2 Å². The smallest absolute Gasteiger partial charge is 0.278 e. The SMILES string of the molecule is CCc1ccc(NC(=O)c2nnn(-c3ccc(C)c(Cl)c3)c2CSc2ncccn2)cc1. The molecule has 0 aliphatic heterocycles. The first-order valence-corrected chi connectivity index (χ1v) is 11.4. The third-order valence-electron chi connectivity index (χ3n) is 4.88. The highest BCUT2D eigenvalue weighted by Gasteiger charge is 2.22. The molecular weight excluding hydrogens is 444 g/mol. The van der Waals surface area contributed by atoms with Crippen LogP contribution in [0.5, 0.6) is 0 Å². The van der Waals surface area contributed by atoms with Crippen molar-refractivity contribution >= 4 is 35.0 Å². The molecule has 0 bridgehead atoms. The Morgan fingerprint density at radius 3 is 2.56 bits per heavy atom. The van der Waals surface area contributed by atoms with Gasteiger partial charge in [-0.2, -0.15) is 0 Å². The first-order chi connectivity index (χ1) is 15.5. The van der Waals surface area contributed by atoms with Gasteiger partial charge in [0.15, 0.2) is 10.9 Å². The molecule has 0 unspecified atom stereocenters. The Balaban J connectivity index is 1.66. The van der Waals surface area contributed by atoms with Crippen molar-refractivity contribution in [2.75, 3.05) is 5.32 Å². The molecule has 32 heavy (non-hydrogen) atoms. The molecule has 4 aromatic rings. The molecule has 2 aromatic heterocycles. The minimum absolute atomic E-state index is 0.240. The van der Waals surface area contributed by atoms with Gasteiger partial charge in [0.25, 0.3) is 5.91 Å². The Kier molecular flexibility index (Phi) is 6.82. The molecule has 4 rings (SSSR count). The fourth-order valence-electron chi connectivity index (χ4n) is 3.04. The van der Waals surface area contributed by atoms with E-state index >= 15 is 0 Å². The van der Waals surface area contributed by atoms with Crippen LogP contribution in [0.2, 0.25) is 5.02 Å². The zero-order valence-electron chi connectivity index (χ0n) is 17.6. The largest absolute Gasteiger partial charge is 0.321 e. The van der Waals surface area contributed by atoms with Crippen molar-refractivity contribution < 1.29 is 4.79 Å². The quantitative estimate of drug-likeness (QED) is 0.301. The summed E-state index contributed by atoms with van der Waals surface area (Å²) in [4.78, 5) is 21.6. The van der Waals surface area contributed by atoms with Crippen LogP contribution in [0.4, 0.5) is 5.69 Å². The molecule has 0 radical (unpaired) electrons. The average Bonchev–Trinajstić information content (AvgIpc) is 3.25. The van der Waals surface area contributed by atoms with Crippen molar-refractivity contribution in [2.45, 2.75) is 31.2 Å². The summed E-state index contributed by atoms with van der Waals surface area (Å²) in [5.41, 5.74) is 4.45. The Morgan fingerprint density at radius 2 is 1.88 bits per heavy atom. The van der Waals surface area contributed by atoms with E-state index in [4.69, 9.17) is 11.6 Å². The number of carbonyl (C=O) groups excluding carboxylic acids is 1. The summed E-state index contributed by atoms with van der Waals surface area (Å²) in [5.74, 6) is 0.0725. The number of hydrogen-bond acceptors (Lipinski definition) is 6. The van der Waals surface area contributed by atoms with Crippen molar-refractivity contribution in [3.8, 4) is 5.69 Å². The van der Waals surface area contributed by atoms with E-state index in [-0.39, 0.29) is 11.6 Å². The Hall–Kier alpha value is -3.23. The number of rotatable bonds is 7. The van der Waals surface area contributed by atoms with Crippen molar-refractivity contribution in [1.82, 2.24) is 25.0 Å². The monoisotopic (exact) mass is 464 g/mol. The summed E-state index contributed by atoms with van der Waals surface area (Å²) < 4.78 is 1.64. The molecule has 9 heteroatoms. The molecule has 0 spiro atoms. The van der Waals surface area contributed by atoms with Crippen LogP contribution >= 0.6 is 23.4 Å². The van der Waals surface area contributed by atoms with Crippen LogP contribution < -0.4 is 5.32 Å². The van der Waals surface area contributed by atoms with Gasteiger partial charge in [0, 0.05) is 28.9 Å². The summed E-state index contributed by atoms with van der Waals surface area (Å²) in [7, 11) is 0. The lowest BCUT2D eigenvalue weighted by Crippen LogP contribution is -2.15. The van der Waals surface area contributed by atoms with E-state index in [9.17, 15) is 4.79 Å². The van der Waals surface area contributed by atoms with E-state index in [1.807, 2.05) is 49.4 Å². The second kappa shape index (κ2) is 9.93. The predicted octanol–water partition coefficient (Wildman–Crippen LogP) is 5.13. The highest BCUT2D eigenvalue weighted by atomic mass is 35.5. The number of thioether (sulfide) groups is 1. The van der Waals surface area contributed by atoms with Gasteiger partial charge in [-0.25, -0.2) is 14.6 Å². The number of nitrogens with one attached hydrogen (secondary N) is 1. The molecule has 1 amide bonds. The molecule has 0 saturated heterocycles. The highest BCUT2D eigenvalue weighted by Crippen LogP contribution is 2.25. The number of anilines is 1. The zero-order valence-corrected chi connectivity index (χ0v) is 19.2. The fourth-order valence-corrected chi connectivity index (χ4v) is 4.01. The van der Waals surface area contributed by atoms with Gasteiger partial charge in [0.1, 0.15) is 0 Å². The minimum atomic E-state index is -0.330. The molecule has 0 saturated carbocycles. The van der Waals surface area contributed by atoms with Crippen molar-refractivity contribution in [2.24, 2.45) is 0 Å². The number of halogens is 1. The van der Waals surface area contributed by atoms with Gasteiger partial charge in [-0.05, 0) is 54.8 Å². The molecular formula is C23H21ClN6OS. The third kappa shape index (κ3) is 4.98. The number of nitrogens with zero attached hydrogens (tertiary/aromatic N) is 5. The maximum absolute atomic E-state index is 13.1. The number of carbonyl (C=O) groups is 1. The maximum atomic E-state index is 13.1. The summed E-state index contributed by atoms with van der Waals surface area (Å²) in [6, 6.07) is 15.1. The molecule has 0 atom stereocenters. The van der Waals surface area contributed by atoms with Crippen molar-refractivity contribution in [1.29, 1.82) is 0 Å². The van der Waals surface area contributed by atoms with Crippen LogP contribution in [0.3, 0.4) is 0 Å². The van der Waals surface area contributed by atoms with Crippen molar-refractivity contribution in [3.63, 3.8) is 0 Å². The fraction of sp³-hybridized carbons (Fsp3) is 0.174. The third-order valence-corrected chi connectivity index (χ3v) is 6.17. The minimum Gasteiger partial charge on any atom is -0.321 e. The van der Waals surface area contributed by atoms with Gasteiger partial charge in [-0.1, -0.05) is 53.7 Å². The molecule has 2 heterocycles. The molecule has 162 valence electrons. The second-order valence-corrected chi connectivity index (χ2v) is 8.40. The molecule has 0 aliphatic carbocycles. The summed E-state index contributed by atoms with van der Waals surface area (Å²) >= 11 is 7.73. The molecule has 0 aliphatic rings. The zero-order chi connectivity index (χ0) is 22.5. The van der Waals surface area contributed by atoms with E-state index in [0.29, 0.717) is 27.3 Å². The number of aryl methyl sites for hydroxylation is 2. The van der Waals surface area contributed by atoms with Crippen LogP contribution in [0.25, 0.3) is 5.69 Å². The molecule has 0 fully saturated rings. The van der Waals surface area contributed by atoms with Gasteiger partial charge >= 0.3 is 0 Å². The summed E-state index contributed by atoms with van der Waals surface area (Å²) in [6.45, 7) is 4.02. The highest BCUT2D eigenvalue weighted by molar-refractivity contribution is 7.98. The first kappa shape index (κ1) is 22.0. The topological polar surface area (TPSA) is 85.6 Å². The van der Waals surface area contributed by atoms with Gasteiger partial charge in [0.2, 0.25) is 0 Å². The number of hydrogen-bond donors (Lipinski definition) is 1. The molecule has 2 aromatic carbocycles. The van der Waals surface area contributed by atoms with Crippen molar-refractivity contribution in [3.05, 3.63) is 88.5 Å². The maximum Gasteiger partial charge on any atom is 0.278 e. The second-order valence-electron chi connectivity index (χ2n) is 7.05. The van der Waals surface area contributed by atoms with Gasteiger partial charge in [0.05, 0.1) is 11.4 Å². The van der Waals surface area contributed by atoms with Gasteiger partial charge in [-0.15, -0.1) is 5.10 Å². The van der Waals surface area contributed by atoms with E-state index in [2.05, 4.69) is 32.5 Å². The Labute approximate surface area is 195 Å². The number of benzene rings is 2. The van der Waals surface area contributed by atoms with Crippen LogP contribution in [0.15, 0.2) is 66.1 Å². The van der Waals surface area contributed by atoms with Crippen LogP contribution in [0, 0.1) is 6.92 Å². The lowest BCUT2D eigenvalue weighted by molar-refractivity contribution is 0.102. The van der Waals surface area contributed by atoms with E-state index in [1.54, 1.807) is 23.1 Å². The van der Waals surface area contributed by atoms with Crippen LogP contribution in [-0.4, -0.2) is 30.9 Å². The normalized spacial score (nSPS) is 10.8.